The number of ketones is 1. The summed E-state index contributed by atoms with van der Waals surface area (Å²) in [7, 11) is 1.61. The van der Waals surface area contributed by atoms with Gasteiger partial charge in [-0.15, -0.1) is 0 Å². The molecule has 0 unspecified atom stereocenters. The molecule has 1 saturated heterocycles. The van der Waals surface area contributed by atoms with E-state index in [1.807, 2.05) is 24.3 Å². The SMILES string of the molecule is COc1ccccc1[C@H]1CC(=O)C2=C(C1)NC(C)=C(C(=O)OC[C@H]1CCCO1)[C@H]2c1ccccc1F. The van der Waals surface area contributed by atoms with Gasteiger partial charge in [-0.1, -0.05) is 36.4 Å². The largest absolute Gasteiger partial charge is 0.496 e. The minimum absolute atomic E-state index is 0.0954. The van der Waals surface area contributed by atoms with Crippen LogP contribution in [-0.4, -0.2) is 38.2 Å². The van der Waals surface area contributed by atoms with Gasteiger partial charge in [0.05, 0.1) is 24.7 Å². The van der Waals surface area contributed by atoms with Crippen LogP contribution < -0.4 is 10.1 Å². The van der Waals surface area contributed by atoms with Crippen molar-refractivity contribution in [2.24, 2.45) is 0 Å². The summed E-state index contributed by atoms with van der Waals surface area (Å²) in [6.07, 6.45) is 2.41. The second kappa shape index (κ2) is 10.3. The van der Waals surface area contributed by atoms with Crippen molar-refractivity contribution in [2.45, 2.75) is 50.5 Å². The van der Waals surface area contributed by atoms with E-state index in [9.17, 15) is 9.59 Å². The maximum Gasteiger partial charge on any atom is 0.336 e. The molecule has 1 N–H and O–H groups in total. The molecule has 36 heavy (non-hydrogen) atoms. The van der Waals surface area contributed by atoms with Crippen LogP contribution in [0.4, 0.5) is 4.39 Å². The van der Waals surface area contributed by atoms with E-state index >= 15 is 4.39 Å². The Morgan fingerprint density at radius 2 is 1.86 bits per heavy atom. The molecule has 2 aromatic rings. The van der Waals surface area contributed by atoms with Crippen LogP contribution in [-0.2, 0) is 19.1 Å². The highest BCUT2D eigenvalue weighted by molar-refractivity contribution is 6.04. The fraction of sp³-hybridized carbons (Fsp3) is 0.379. The lowest BCUT2D eigenvalue weighted by Gasteiger charge is -2.37. The summed E-state index contributed by atoms with van der Waals surface area (Å²) in [6.45, 7) is 2.56. The number of nitrogens with one attached hydrogen (secondary N) is 1. The lowest BCUT2D eigenvalue weighted by molar-refractivity contribution is -0.142. The van der Waals surface area contributed by atoms with Crippen LogP contribution >= 0.6 is 0 Å². The van der Waals surface area contributed by atoms with Gasteiger partial charge in [0.15, 0.2) is 5.78 Å². The lowest BCUT2D eigenvalue weighted by Crippen LogP contribution is -2.36. The fourth-order valence-electron chi connectivity index (χ4n) is 5.58. The van der Waals surface area contributed by atoms with Crippen LogP contribution in [0, 0.1) is 5.82 Å². The van der Waals surface area contributed by atoms with E-state index in [1.54, 1.807) is 32.2 Å². The number of allylic oxidation sites excluding steroid dienone is 3. The van der Waals surface area contributed by atoms with Crippen molar-refractivity contribution in [2.75, 3.05) is 20.3 Å². The Morgan fingerprint density at radius 3 is 2.58 bits per heavy atom. The molecule has 0 spiro atoms. The minimum atomic E-state index is -0.842. The molecule has 0 saturated carbocycles. The third-order valence-corrected chi connectivity index (χ3v) is 7.27. The van der Waals surface area contributed by atoms with Crippen molar-refractivity contribution in [1.82, 2.24) is 5.32 Å². The summed E-state index contributed by atoms with van der Waals surface area (Å²) in [5, 5.41) is 3.31. The molecule has 3 aliphatic rings. The van der Waals surface area contributed by atoms with Crippen LogP contribution in [0.3, 0.4) is 0 Å². The second-order valence-corrected chi connectivity index (χ2v) is 9.51. The zero-order valence-electron chi connectivity index (χ0n) is 20.5. The molecule has 2 heterocycles. The Balaban J connectivity index is 1.52. The molecule has 5 rings (SSSR count). The summed E-state index contributed by atoms with van der Waals surface area (Å²) in [5.74, 6) is -1.35. The van der Waals surface area contributed by atoms with Gasteiger partial charge in [0.1, 0.15) is 18.2 Å². The quantitative estimate of drug-likeness (QED) is 0.579. The number of Topliss-reactive ketones (excluding diaryl/α,β-unsaturated/α-hetero) is 1. The average molecular weight is 492 g/mol. The number of carbonyl (C=O) groups is 2. The van der Waals surface area contributed by atoms with E-state index in [2.05, 4.69) is 5.32 Å². The highest BCUT2D eigenvalue weighted by atomic mass is 19.1. The predicted molar refractivity (Wildman–Crippen MR) is 132 cm³/mol. The zero-order chi connectivity index (χ0) is 25.2. The molecule has 7 heteroatoms. The maximum absolute atomic E-state index is 15.1. The number of methoxy groups -OCH3 is 1. The highest BCUT2D eigenvalue weighted by Crippen LogP contribution is 2.47. The second-order valence-electron chi connectivity index (χ2n) is 9.51. The lowest BCUT2D eigenvalue weighted by atomic mass is 9.71. The van der Waals surface area contributed by atoms with Gasteiger partial charge in [0.25, 0.3) is 0 Å². The molecule has 1 fully saturated rings. The Morgan fingerprint density at radius 1 is 1.11 bits per heavy atom. The zero-order valence-corrected chi connectivity index (χ0v) is 20.5. The first-order valence-corrected chi connectivity index (χ1v) is 12.4. The van der Waals surface area contributed by atoms with Gasteiger partial charge in [0, 0.05) is 41.5 Å². The fourth-order valence-corrected chi connectivity index (χ4v) is 5.58. The highest BCUT2D eigenvalue weighted by Gasteiger charge is 2.42. The van der Waals surface area contributed by atoms with E-state index in [-0.39, 0.29) is 36.4 Å². The molecular formula is C29H30FNO5. The van der Waals surface area contributed by atoms with Crippen molar-refractivity contribution in [3.05, 3.63) is 88.0 Å². The van der Waals surface area contributed by atoms with E-state index in [0.29, 0.717) is 35.6 Å². The van der Waals surface area contributed by atoms with Crippen LogP contribution in [0.25, 0.3) is 0 Å². The molecular weight excluding hydrogens is 461 g/mol. The maximum atomic E-state index is 15.1. The number of para-hydroxylation sites is 1. The number of benzene rings is 2. The topological polar surface area (TPSA) is 73.9 Å². The number of halogens is 1. The van der Waals surface area contributed by atoms with Gasteiger partial charge in [-0.3, -0.25) is 4.79 Å². The van der Waals surface area contributed by atoms with Crippen molar-refractivity contribution in [3.8, 4) is 5.75 Å². The van der Waals surface area contributed by atoms with Crippen molar-refractivity contribution < 1.29 is 28.2 Å². The molecule has 1 aliphatic carbocycles. The van der Waals surface area contributed by atoms with Gasteiger partial charge in [-0.25, -0.2) is 9.18 Å². The number of esters is 1. The number of rotatable bonds is 6. The molecule has 0 amide bonds. The molecule has 188 valence electrons. The van der Waals surface area contributed by atoms with Crippen LogP contribution in [0.1, 0.15) is 55.6 Å². The number of carbonyl (C=O) groups excluding carboxylic acids is 2. The molecule has 2 aromatic carbocycles. The molecule has 2 aliphatic heterocycles. The van der Waals surface area contributed by atoms with E-state index < -0.39 is 17.7 Å². The summed E-state index contributed by atoms with van der Waals surface area (Å²) in [6, 6.07) is 14.0. The summed E-state index contributed by atoms with van der Waals surface area (Å²) in [5.41, 5.74) is 3.21. The summed E-state index contributed by atoms with van der Waals surface area (Å²) in [4.78, 5) is 27.1. The van der Waals surface area contributed by atoms with E-state index in [4.69, 9.17) is 14.2 Å². The Labute approximate surface area is 210 Å². The standard InChI is InChI=1S/C29H30FNO5/c1-17-26(29(33)36-16-19-8-7-13-35-19)27(21-10-3-5-11-22(21)30)28-23(31-17)14-18(15-24(28)32)20-9-4-6-12-25(20)34-2/h3-6,9-12,18-19,27,31H,7-8,13-16H2,1-2H3/t18-,19-,27-/m1/s1. The Kier molecular flexibility index (Phi) is 6.92. The van der Waals surface area contributed by atoms with Crippen LogP contribution in [0.15, 0.2) is 71.1 Å². The Hall–Kier alpha value is -3.45. The van der Waals surface area contributed by atoms with E-state index in [0.717, 1.165) is 24.2 Å². The molecule has 3 atom stereocenters. The monoisotopic (exact) mass is 491 g/mol. The normalized spacial score (nSPS) is 23.9. The van der Waals surface area contributed by atoms with Crippen molar-refractivity contribution in [1.29, 1.82) is 0 Å². The van der Waals surface area contributed by atoms with Gasteiger partial charge in [-0.05, 0) is 43.9 Å². The Bertz CT molecular complexity index is 1240. The number of dihydropyridines is 1. The van der Waals surface area contributed by atoms with Crippen molar-refractivity contribution >= 4 is 11.8 Å². The van der Waals surface area contributed by atoms with Crippen molar-refractivity contribution in [3.63, 3.8) is 0 Å². The third-order valence-electron chi connectivity index (χ3n) is 7.27. The summed E-state index contributed by atoms with van der Waals surface area (Å²) >= 11 is 0. The first-order chi connectivity index (χ1) is 17.5. The van der Waals surface area contributed by atoms with Crippen LogP contribution in [0.2, 0.25) is 0 Å². The van der Waals surface area contributed by atoms with Gasteiger partial charge in [-0.2, -0.15) is 0 Å². The average Bonchev–Trinajstić information content (AvgIpc) is 3.40. The first kappa shape index (κ1) is 24.3. The molecule has 0 bridgehead atoms. The third kappa shape index (κ3) is 4.55. The number of ether oxygens (including phenoxy) is 3. The van der Waals surface area contributed by atoms with Crippen LogP contribution in [0.5, 0.6) is 5.75 Å². The minimum Gasteiger partial charge on any atom is -0.496 e. The van der Waals surface area contributed by atoms with Gasteiger partial charge < -0.3 is 19.5 Å². The number of hydrogen-bond donors (Lipinski definition) is 1. The number of hydrogen-bond acceptors (Lipinski definition) is 6. The van der Waals surface area contributed by atoms with E-state index in [1.165, 1.54) is 6.07 Å². The molecule has 0 radical (unpaired) electrons. The first-order valence-electron chi connectivity index (χ1n) is 12.4. The van der Waals surface area contributed by atoms with Gasteiger partial charge in [0.2, 0.25) is 0 Å². The summed E-state index contributed by atoms with van der Waals surface area (Å²) < 4.78 is 31.9. The predicted octanol–water partition coefficient (Wildman–Crippen LogP) is 4.92. The molecule has 0 aromatic heterocycles. The molecule has 6 nitrogen and oxygen atoms in total. The smallest absolute Gasteiger partial charge is 0.336 e. The van der Waals surface area contributed by atoms with Gasteiger partial charge >= 0.3 is 5.97 Å².